The summed E-state index contributed by atoms with van der Waals surface area (Å²) in [6.07, 6.45) is 1.24. The minimum Gasteiger partial charge on any atom is -0.319 e. The molecule has 0 saturated carbocycles. The first kappa shape index (κ1) is 15.9. The molecule has 4 heteroatoms. The van der Waals surface area contributed by atoms with Crippen LogP contribution >= 0.6 is 11.6 Å². The molecule has 0 fully saturated rings. The highest BCUT2D eigenvalue weighted by molar-refractivity contribution is 6.30. The Hall–Kier alpha value is -1.45. The molecule has 1 unspecified atom stereocenters. The first-order chi connectivity index (χ1) is 10.1. The van der Waals surface area contributed by atoms with Crippen LogP contribution in [-0.2, 0) is 12.8 Å². The summed E-state index contributed by atoms with van der Waals surface area (Å²) in [5.74, 6) is -1.37. The standard InChI is InChI=1S/C17H18ClF2N/c1-21-11-13(8-12-4-2-6-15(18)10-12)9-14-5-3-7-16(19)17(14)20/h2-7,10,13,21H,8-9,11H2,1H3. The summed E-state index contributed by atoms with van der Waals surface area (Å²) < 4.78 is 27.1. The van der Waals surface area contributed by atoms with Crippen molar-refractivity contribution >= 4 is 11.6 Å². The number of nitrogens with one attached hydrogen (secondary N) is 1. The monoisotopic (exact) mass is 309 g/mol. The van der Waals surface area contributed by atoms with Crippen LogP contribution in [0.15, 0.2) is 42.5 Å². The molecule has 0 amide bonds. The van der Waals surface area contributed by atoms with Crippen LogP contribution in [0, 0.1) is 17.6 Å². The van der Waals surface area contributed by atoms with Gasteiger partial charge in [-0.15, -0.1) is 0 Å². The van der Waals surface area contributed by atoms with Gasteiger partial charge in [0.05, 0.1) is 0 Å². The smallest absolute Gasteiger partial charge is 0.162 e. The summed E-state index contributed by atoms with van der Waals surface area (Å²) in [4.78, 5) is 0. The van der Waals surface area contributed by atoms with Crippen LogP contribution in [0.2, 0.25) is 5.02 Å². The summed E-state index contributed by atoms with van der Waals surface area (Å²) in [6, 6.07) is 12.0. The number of rotatable bonds is 6. The Morgan fingerprint density at radius 3 is 2.57 bits per heavy atom. The largest absolute Gasteiger partial charge is 0.319 e. The molecule has 0 aromatic heterocycles. The minimum atomic E-state index is -0.793. The van der Waals surface area contributed by atoms with E-state index in [1.807, 2.05) is 31.3 Å². The molecule has 0 heterocycles. The van der Waals surface area contributed by atoms with E-state index < -0.39 is 11.6 Å². The second-order valence-corrected chi connectivity index (χ2v) is 5.61. The van der Waals surface area contributed by atoms with Crippen molar-refractivity contribution in [2.24, 2.45) is 5.92 Å². The molecule has 0 aliphatic rings. The summed E-state index contributed by atoms with van der Waals surface area (Å²) >= 11 is 5.99. The Bertz CT molecular complexity index is 601. The molecule has 0 aliphatic heterocycles. The van der Waals surface area contributed by atoms with Gasteiger partial charge in [0.2, 0.25) is 0 Å². The average Bonchev–Trinajstić information content (AvgIpc) is 2.44. The lowest BCUT2D eigenvalue weighted by Crippen LogP contribution is -2.23. The third kappa shape index (κ3) is 4.51. The summed E-state index contributed by atoms with van der Waals surface area (Å²) in [5.41, 5.74) is 1.51. The highest BCUT2D eigenvalue weighted by atomic mass is 35.5. The van der Waals surface area contributed by atoms with Gasteiger partial charge in [0.25, 0.3) is 0 Å². The zero-order valence-corrected chi connectivity index (χ0v) is 12.6. The normalized spacial score (nSPS) is 12.4. The summed E-state index contributed by atoms with van der Waals surface area (Å²) in [5, 5.41) is 3.80. The van der Waals surface area contributed by atoms with E-state index >= 15 is 0 Å². The van der Waals surface area contributed by atoms with E-state index in [2.05, 4.69) is 5.32 Å². The zero-order chi connectivity index (χ0) is 15.2. The molecule has 1 nitrogen and oxygen atoms in total. The molecule has 2 rings (SSSR count). The zero-order valence-electron chi connectivity index (χ0n) is 11.9. The Kier molecular flexibility index (Phi) is 5.71. The lowest BCUT2D eigenvalue weighted by molar-refractivity contribution is 0.459. The van der Waals surface area contributed by atoms with Gasteiger partial charge in [-0.1, -0.05) is 35.9 Å². The number of halogens is 3. The molecule has 112 valence electrons. The Morgan fingerprint density at radius 2 is 1.86 bits per heavy atom. The van der Waals surface area contributed by atoms with E-state index in [0.717, 1.165) is 24.6 Å². The van der Waals surface area contributed by atoms with Gasteiger partial charge in [-0.3, -0.25) is 0 Å². The molecule has 0 spiro atoms. The highest BCUT2D eigenvalue weighted by Crippen LogP contribution is 2.20. The van der Waals surface area contributed by atoms with Crippen LogP contribution in [0.25, 0.3) is 0 Å². The summed E-state index contributed by atoms with van der Waals surface area (Å²) in [6.45, 7) is 0.725. The number of benzene rings is 2. The van der Waals surface area contributed by atoms with Gasteiger partial charge in [0.1, 0.15) is 0 Å². The van der Waals surface area contributed by atoms with Gasteiger partial charge < -0.3 is 5.32 Å². The van der Waals surface area contributed by atoms with Crippen molar-refractivity contribution in [3.63, 3.8) is 0 Å². The molecule has 0 bridgehead atoms. The van der Waals surface area contributed by atoms with Crippen molar-refractivity contribution < 1.29 is 8.78 Å². The third-order valence-electron chi connectivity index (χ3n) is 3.45. The van der Waals surface area contributed by atoms with Gasteiger partial charge in [-0.25, -0.2) is 8.78 Å². The molecule has 0 radical (unpaired) electrons. The lowest BCUT2D eigenvalue weighted by atomic mass is 9.92. The van der Waals surface area contributed by atoms with Crippen LogP contribution in [0.4, 0.5) is 8.78 Å². The van der Waals surface area contributed by atoms with Crippen LogP contribution < -0.4 is 5.32 Å². The highest BCUT2D eigenvalue weighted by Gasteiger charge is 2.15. The lowest BCUT2D eigenvalue weighted by Gasteiger charge is -2.17. The average molecular weight is 310 g/mol. The fraction of sp³-hybridized carbons (Fsp3) is 0.294. The molecular formula is C17H18ClF2N. The number of hydrogen-bond donors (Lipinski definition) is 1. The van der Waals surface area contributed by atoms with E-state index in [0.29, 0.717) is 17.0 Å². The maximum absolute atomic E-state index is 13.8. The predicted octanol–water partition coefficient (Wildman–Crippen LogP) is 4.24. The van der Waals surface area contributed by atoms with Crippen LogP contribution in [0.3, 0.4) is 0 Å². The molecule has 0 saturated heterocycles. The second kappa shape index (κ2) is 7.53. The van der Waals surface area contributed by atoms with E-state index in [9.17, 15) is 8.78 Å². The fourth-order valence-corrected chi connectivity index (χ4v) is 2.73. The second-order valence-electron chi connectivity index (χ2n) is 5.17. The van der Waals surface area contributed by atoms with Gasteiger partial charge in [-0.2, -0.15) is 0 Å². The van der Waals surface area contributed by atoms with Gasteiger partial charge in [0, 0.05) is 5.02 Å². The van der Waals surface area contributed by atoms with Gasteiger partial charge >= 0.3 is 0 Å². The van der Waals surface area contributed by atoms with Crippen molar-refractivity contribution in [3.8, 4) is 0 Å². The SMILES string of the molecule is CNCC(Cc1cccc(Cl)c1)Cc1cccc(F)c1F. The molecule has 2 aromatic rings. The van der Waals surface area contributed by atoms with Crippen LogP contribution in [0.5, 0.6) is 0 Å². The van der Waals surface area contributed by atoms with Crippen molar-refractivity contribution in [1.82, 2.24) is 5.32 Å². The summed E-state index contributed by atoms with van der Waals surface area (Å²) in [7, 11) is 1.85. The maximum atomic E-state index is 13.8. The molecule has 1 N–H and O–H groups in total. The molecular weight excluding hydrogens is 292 g/mol. The van der Waals surface area contributed by atoms with Gasteiger partial charge in [-0.05, 0) is 61.7 Å². The van der Waals surface area contributed by atoms with Crippen molar-refractivity contribution in [3.05, 3.63) is 70.2 Å². The van der Waals surface area contributed by atoms with E-state index in [-0.39, 0.29) is 5.92 Å². The van der Waals surface area contributed by atoms with Gasteiger partial charge in [0.15, 0.2) is 11.6 Å². The topological polar surface area (TPSA) is 12.0 Å². The third-order valence-corrected chi connectivity index (χ3v) is 3.68. The van der Waals surface area contributed by atoms with Crippen LogP contribution in [0.1, 0.15) is 11.1 Å². The molecule has 0 aliphatic carbocycles. The Morgan fingerprint density at radius 1 is 1.10 bits per heavy atom. The van der Waals surface area contributed by atoms with Crippen LogP contribution in [-0.4, -0.2) is 13.6 Å². The van der Waals surface area contributed by atoms with Crippen molar-refractivity contribution in [1.29, 1.82) is 0 Å². The van der Waals surface area contributed by atoms with Crippen molar-refractivity contribution in [2.75, 3.05) is 13.6 Å². The fourth-order valence-electron chi connectivity index (χ4n) is 2.52. The van der Waals surface area contributed by atoms with E-state index in [4.69, 9.17) is 11.6 Å². The Labute approximate surface area is 128 Å². The Balaban J connectivity index is 2.13. The first-order valence-corrected chi connectivity index (χ1v) is 7.30. The van der Waals surface area contributed by atoms with E-state index in [1.54, 1.807) is 12.1 Å². The molecule has 2 aromatic carbocycles. The van der Waals surface area contributed by atoms with Crippen molar-refractivity contribution in [2.45, 2.75) is 12.8 Å². The molecule has 21 heavy (non-hydrogen) atoms. The quantitative estimate of drug-likeness (QED) is 0.841. The minimum absolute atomic E-state index is 0.171. The number of hydrogen-bond acceptors (Lipinski definition) is 1. The predicted molar refractivity (Wildman–Crippen MR) is 82.6 cm³/mol. The first-order valence-electron chi connectivity index (χ1n) is 6.92. The van der Waals surface area contributed by atoms with E-state index in [1.165, 1.54) is 0 Å². The maximum Gasteiger partial charge on any atom is 0.162 e. The molecule has 1 atom stereocenters.